The van der Waals surface area contributed by atoms with Crippen molar-refractivity contribution in [3.63, 3.8) is 0 Å². The minimum atomic E-state index is -0.207. The number of para-hydroxylation sites is 2. The number of aromatic nitrogens is 2. The van der Waals surface area contributed by atoms with Crippen LogP contribution in [-0.4, -0.2) is 41.1 Å². The maximum Gasteiger partial charge on any atom is 0.250 e. The molecule has 0 fully saturated rings. The number of nitrogens with one attached hydrogen (secondary N) is 2. The number of imidazole rings is 1. The quantitative estimate of drug-likeness (QED) is 0.206. The molecule has 1 heterocycles. The van der Waals surface area contributed by atoms with Crippen LogP contribution in [-0.2, 0) is 4.79 Å². The Morgan fingerprint density at radius 3 is 2.87 bits per heavy atom. The summed E-state index contributed by atoms with van der Waals surface area (Å²) in [4.78, 5) is 19.7. The number of hydrogen-bond donors (Lipinski definition) is 2. The normalized spacial score (nSPS) is 11.1. The summed E-state index contributed by atoms with van der Waals surface area (Å²) in [6.45, 7) is 5.25. The molecule has 0 bridgehead atoms. The molecular formula is C22H26N4O3S. The molecule has 2 N–H and O–H groups in total. The van der Waals surface area contributed by atoms with Crippen LogP contribution >= 0.6 is 11.8 Å². The Bertz CT molecular complexity index is 970. The van der Waals surface area contributed by atoms with E-state index in [4.69, 9.17) is 9.47 Å². The van der Waals surface area contributed by atoms with Gasteiger partial charge in [-0.1, -0.05) is 37.2 Å². The lowest BCUT2D eigenvalue weighted by molar-refractivity contribution is -0.118. The Kier molecular flexibility index (Phi) is 8.14. The lowest BCUT2D eigenvalue weighted by Gasteiger charge is -2.12. The summed E-state index contributed by atoms with van der Waals surface area (Å²) in [7, 11) is 0. The minimum Gasteiger partial charge on any atom is -0.490 e. The third-order valence-electron chi connectivity index (χ3n) is 4.13. The van der Waals surface area contributed by atoms with Gasteiger partial charge in [0.25, 0.3) is 5.91 Å². The molecule has 0 saturated carbocycles. The zero-order valence-electron chi connectivity index (χ0n) is 17.2. The first-order valence-corrected chi connectivity index (χ1v) is 11.0. The largest absolute Gasteiger partial charge is 0.490 e. The second kappa shape index (κ2) is 11.3. The van der Waals surface area contributed by atoms with Crippen molar-refractivity contribution in [2.24, 2.45) is 5.10 Å². The van der Waals surface area contributed by atoms with E-state index >= 15 is 0 Å². The highest BCUT2D eigenvalue weighted by molar-refractivity contribution is 7.99. The molecule has 0 atom stereocenters. The lowest BCUT2D eigenvalue weighted by Crippen LogP contribution is -2.19. The predicted octanol–water partition coefficient (Wildman–Crippen LogP) is 4.38. The number of H-pyrrole nitrogens is 1. The third kappa shape index (κ3) is 6.25. The number of hydrogen-bond acceptors (Lipinski definition) is 6. The van der Waals surface area contributed by atoms with E-state index in [1.807, 2.05) is 49.4 Å². The first-order chi connectivity index (χ1) is 14.7. The maximum atomic E-state index is 12.1. The average molecular weight is 427 g/mol. The number of ether oxygens (including phenoxy) is 2. The van der Waals surface area contributed by atoms with Gasteiger partial charge in [-0.15, -0.1) is 0 Å². The zero-order valence-corrected chi connectivity index (χ0v) is 18.0. The van der Waals surface area contributed by atoms with Gasteiger partial charge in [0, 0.05) is 0 Å². The molecule has 0 radical (unpaired) electrons. The summed E-state index contributed by atoms with van der Waals surface area (Å²) in [5.41, 5.74) is 5.18. The average Bonchev–Trinajstić information content (AvgIpc) is 3.17. The maximum absolute atomic E-state index is 12.1. The van der Waals surface area contributed by atoms with E-state index in [1.54, 1.807) is 6.21 Å². The van der Waals surface area contributed by atoms with Crippen LogP contribution in [0.2, 0.25) is 0 Å². The van der Waals surface area contributed by atoms with E-state index in [2.05, 4.69) is 27.4 Å². The number of aromatic amines is 1. The second-order valence-corrected chi connectivity index (χ2v) is 7.45. The number of rotatable bonds is 11. The molecule has 0 aliphatic rings. The molecule has 8 heteroatoms. The fraction of sp³-hybridized carbons (Fsp3) is 0.318. The highest BCUT2D eigenvalue weighted by Crippen LogP contribution is 2.28. The van der Waals surface area contributed by atoms with Crippen LogP contribution < -0.4 is 14.9 Å². The van der Waals surface area contributed by atoms with Crippen LogP contribution in [0.3, 0.4) is 0 Å². The van der Waals surface area contributed by atoms with Crippen molar-refractivity contribution in [3.8, 4) is 11.5 Å². The van der Waals surface area contributed by atoms with Gasteiger partial charge in [-0.3, -0.25) is 4.79 Å². The minimum absolute atomic E-state index is 0.207. The highest BCUT2D eigenvalue weighted by Gasteiger charge is 2.07. The molecule has 30 heavy (non-hydrogen) atoms. The summed E-state index contributed by atoms with van der Waals surface area (Å²) in [5.74, 6) is 1.39. The van der Waals surface area contributed by atoms with E-state index in [0.717, 1.165) is 29.4 Å². The standard InChI is InChI=1S/C22H26N4O3S/c1-3-5-12-29-19-11-10-16(13-20(19)28-4-2)14-23-26-21(27)15-30-22-24-17-8-6-7-9-18(17)25-22/h6-11,13-14H,3-5,12,15H2,1-2H3,(H,24,25)(H,26,27)/b23-14+. The molecule has 7 nitrogen and oxygen atoms in total. The van der Waals surface area contributed by atoms with E-state index in [-0.39, 0.29) is 11.7 Å². The number of carbonyl (C=O) groups is 1. The van der Waals surface area contributed by atoms with Gasteiger partial charge in [-0.05, 0) is 49.2 Å². The van der Waals surface area contributed by atoms with Crippen molar-refractivity contribution >= 4 is 34.9 Å². The number of benzene rings is 2. The molecule has 158 valence electrons. The van der Waals surface area contributed by atoms with E-state index in [0.29, 0.717) is 29.9 Å². The van der Waals surface area contributed by atoms with Gasteiger partial charge in [-0.2, -0.15) is 5.10 Å². The molecular weight excluding hydrogens is 400 g/mol. The Balaban J connectivity index is 1.51. The number of thioether (sulfide) groups is 1. The number of nitrogens with zero attached hydrogens (tertiary/aromatic N) is 2. The van der Waals surface area contributed by atoms with Crippen LogP contribution in [0.5, 0.6) is 11.5 Å². The summed E-state index contributed by atoms with van der Waals surface area (Å²) in [6.07, 6.45) is 3.65. The molecule has 0 unspecified atom stereocenters. The number of hydrazone groups is 1. The van der Waals surface area contributed by atoms with Crippen LogP contribution in [0, 0.1) is 0 Å². The summed E-state index contributed by atoms with van der Waals surface area (Å²) >= 11 is 1.33. The SMILES string of the molecule is CCCCOc1ccc(/C=N/NC(=O)CSc2nc3ccccc3[nH]2)cc1OCC. The molecule has 0 aliphatic heterocycles. The van der Waals surface area contributed by atoms with Crippen molar-refractivity contribution in [2.75, 3.05) is 19.0 Å². The van der Waals surface area contributed by atoms with Gasteiger partial charge in [0.2, 0.25) is 0 Å². The van der Waals surface area contributed by atoms with Crippen LogP contribution in [0.25, 0.3) is 11.0 Å². The summed E-state index contributed by atoms with van der Waals surface area (Å²) < 4.78 is 11.4. The van der Waals surface area contributed by atoms with Crippen LogP contribution in [0.4, 0.5) is 0 Å². The fourth-order valence-electron chi connectivity index (χ4n) is 2.66. The van der Waals surface area contributed by atoms with Gasteiger partial charge in [-0.25, -0.2) is 10.4 Å². The smallest absolute Gasteiger partial charge is 0.250 e. The summed E-state index contributed by atoms with van der Waals surface area (Å²) in [6, 6.07) is 13.3. The van der Waals surface area contributed by atoms with E-state index in [1.165, 1.54) is 11.8 Å². The Labute approximate surface area is 180 Å². The Hall–Kier alpha value is -3.00. The van der Waals surface area contributed by atoms with Crippen LogP contribution in [0.1, 0.15) is 32.3 Å². The highest BCUT2D eigenvalue weighted by atomic mass is 32.2. The van der Waals surface area contributed by atoms with E-state index in [9.17, 15) is 4.79 Å². The first kappa shape index (κ1) is 21.7. The van der Waals surface area contributed by atoms with Crippen LogP contribution in [0.15, 0.2) is 52.7 Å². The van der Waals surface area contributed by atoms with Crippen molar-refractivity contribution in [1.82, 2.24) is 15.4 Å². The fourth-order valence-corrected chi connectivity index (χ4v) is 3.34. The lowest BCUT2D eigenvalue weighted by atomic mass is 10.2. The number of fused-ring (bicyclic) bond motifs is 1. The van der Waals surface area contributed by atoms with Crippen molar-refractivity contribution < 1.29 is 14.3 Å². The van der Waals surface area contributed by atoms with Gasteiger partial charge in [0.15, 0.2) is 16.7 Å². The van der Waals surface area contributed by atoms with Crippen molar-refractivity contribution in [3.05, 3.63) is 48.0 Å². The van der Waals surface area contributed by atoms with Crippen molar-refractivity contribution in [1.29, 1.82) is 0 Å². The summed E-state index contributed by atoms with van der Waals surface area (Å²) in [5, 5.41) is 4.74. The molecule has 1 amide bonds. The topological polar surface area (TPSA) is 88.6 Å². The third-order valence-corrected chi connectivity index (χ3v) is 5.01. The molecule has 0 aliphatic carbocycles. The molecule has 1 aromatic heterocycles. The van der Waals surface area contributed by atoms with E-state index < -0.39 is 0 Å². The molecule has 0 spiro atoms. The Morgan fingerprint density at radius 1 is 1.20 bits per heavy atom. The predicted molar refractivity (Wildman–Crippen MR) is 121 cm³/mol. The second-order valence-electron chi connectivity index (χ2n) is 6.48. The van der Waals surface area contributed by atoms with Crippen molar-refractivity contribution in [2.45, 2.75) is 31.8 Å². The van der Waals surface area contributed by atoms with Gasteiger partial charge < -0.3 is 14.5 Å². The number of carbonyl (C=O) groups excluding carboxylic acids is 1. The molecule has 3 aromatic rings. The van der Waals surface area contributed by atoms with Gasteiger partial charge >= 0.3 is 0 Å². The molecule has 0 saturated heterocycles. The first-order valence-electron chi connectivity index (χ1n) is 9.98. The van der Waals surface area contributed by atoms with Gasteiger partial charge in [0.1, 0.15) is 0 Å². The zero-order chi connectivity index (χ0) is 21.2. The monoisotopic (exact) mass is 426 g/mol. The molecule has 2 aromatic carbocycles. The van der Waals surface area contributed by atoms with Gasteiger partial charge in [0.05, 0.1) is 36.2 Å². The number of amides is 1. The molecule has 3 rings (SSSR count). The number of unbranched alkanes of at least 4 members (excludes halogenated alkanes) is 1. The Morgan fingerprint density at radius 2 is 2.07 bits per heavy atom.